The number of aliphatic hydroxyl groups is 1. The number of benzene rings is 1. The predicted octanol–water partition coefficient (Wildman–Crippen LogP) is 2.40. The van der Waals surface area contributed by atoms with Gasteiger partial charge in [-0.25, -0.2) is 4.98 Å². The lowest BCUT2D eigenvalue weighted by Crippen LogP contribution is -2.65. The highest BCUT2D eigenvalue weighted by molar-refractivity contribution is 9.10. The number of hydrogen-bond donors (Lipinski definition) is 2. The minimum Gasteiger partial charge on any atom is -0.495 e. The molecule has 4 heterocycles. The number of pyridine rings is 1. The lowest BCUT2D eigenvalue weighted by molar-refractivity contribution is -0.0140. The number of methoxy groups -OCH3 is 1. The first-order valence-electron chi connectivity index (χ1n) is 10.0. The van der Waals surface area contributed by atoms with Crippen molar-refractivity contribution in [2.75, 3.05) is 20.2 Å². The van der Waals surface area contributed by atoms with Crippen LogP contribution in [-0.4, -0.2) is 57.1 Å². The van der Waals surface area contributed by atoms with Crippen molar-refractivity contribution in [3.8, 4) is 5.75 Å². The van der Waals surface area contributed by atoms with Gasteiger partial charge in [-0.3, -0.25) is 4.79 Å². The van der Waals surface area contributed by atoms with Crippen molar-refractivity contribution >= 4 is 27.5 Å². The maximum absolute atomic E-state index is 13.1. The molecule has 2 aromatic heterocycles. The van der Waals surface area contributed by atoms with Crippen LogP contribution in [0.1, 0.15) is 28.0 Å². The van der Waals surface area contributed by atoms with E-state index in [4.69, 9.17) is 4.74 Å². The van der Waals surface area contributed by atoms with E-state index >= 15 is 0 Å². The van der Waals surface area contributed by atoms with Crippen molar-refractivity contribution in [3.05, 3.63) is 64.0 Å². The van der Waals surface area contributed by atoms with Crippen LogP contribution in [0.3, 0.4) is 0 Å². The van der Waals surface area contributed by atoms with Crippen LogP contribution < -0.4 is 10.1 Å². The number of likely N-dealkylation sites (tertiary alicyclic amines) is 1. The molecular weight excluding hydrogens is 448 g/mol. The van der Waals surface area contributed by atoms with E-state index in [1.807, 2.05) is 18.3 Å². The average molecular weight is 471 g/mol. The molecule has 0 bridgehead atoms. The monoisotopic (exact) mass is 470 g/mol. The van der Waals surface area contributed by atoms with E-state index in [1.54, 1.807) is 28.7 Å². The van der Waals surface area contributed by atoms with Gasteiger partial charge in [0.05, 0.1) is 23.2 Å². The summed E-state index contributed by atoms with van der Waals surface area (Å²) in [5, 5.41) is 14.6. The normalized spacial score (nSPS) is 23.6. The van der Waals surface area contributed by atoms with E-state index in [0.717, 1.165) is 17.4 Å². The van der Waals surface area contributed by atoms with Crippen LogP contribution >= 0.6 is 15.9 Å². The average Bonchev–Trinajstić information content (AvgIpc) is 3.17. The van der Waals surface area contributed by atoms with E-state index in [0.29, 0.717) is 30.1 Å². The minimum atomic E-state index is -0.644. The Kier molecular flexibility index (Phi) is 4.80. The number of β-amino-alcohol motifs (C(OH)–C–C–N with tert-alkyl or cyclic N) is 1. The molecule has 1 saturated heterocycles. The van der Waals surface area contributed by atoms with Crippen molar-refractivity contribution in [1.82, 2.24) is 19.6 Å². The summed E-state index contributed by atoms with van der Waals surface area (Å²) >= 11 is 3.45. The molecule has 156 valence electrons. The predicted molar refractivity (Wildman–Crippen MR) is 116 cm³/mol. The van der Waals surface area contributed by atoms with Gasteiger partial charge >= 0.3 is 0 Å². The van der Waals surface area contributed by atoms with Crippen LogP contribution in [0.5, 0.6) is 5.75 Å². The SMILES string of the molecule is COc1cc2nc(C(=O)N3CC[C@]4(Cc5ccccc5CN4)[C@H](O)C3)cn2cc1Br. The molecule has 30 heavy (non-hydrogen) atoms. The van der Waals surface area contributed by atoms with Gasteiger partial charge in [-0.1, -0.05) is 24.3 Å². The second-order valence-corrected chi connectivity index (χ2v) is 8.91. The number of nitrogens with zero attached hydrogens (tertiary/aromatic N) is 3. The zero-order valence-corrected chi connectivity index (χ0v) is 18.2. The van der Waals surface area contributed by atoms with Crippen LogP contribution in [0.25, 0.3) is 5.65 Å². The number of nitrogens with one attached hydrogen (secondary N) is 1. The molecule has 0 radical (unpaired) electrons. The number of amides is 1. The Labute approximate surface area is 182 Å². The summed E-state index contributed by atoms with van der Waals surface area (Å²) in [5.41, 5.74) is 3.16. The number of imidazole rings is 1. The third-order valence-corrected chi connectivity index (χ3v) is 6.94. The topological polar surface area (TPSA) is 79.1 Å². The first-order valence-corrected chi connectivity index (χ1v) is 10.8. The first-order chi connectivity index (χ1) is 14.5. The molecule has 1 fully saturated rings. The van der Waals surface area contributed by atoms with Gasteiger partial charge < -0.3 is 24.5 Å². The molecule has 2 atom stereocenters. The van der Waals surface area contributed by atoms with Crippen molar-refractivity contribution in [2.45, 2.75) is 31.0 Å². The van der Waals surface area contributed by atoms with Gasteiger partial charge in [-0.15, -0.1) is 0 Å². The number of carbonyl (C=O) groups is 1. The zero-order valence-electron chi connectivity index (χ0n) is 16.6. The van der Waals surface area contributed by atoms with Crippen molar-refractivity contribution < 1.29 is 14.6 Å². The quantitative estimate of drug-likeness (QED) is 0.601. The highest BCUT2D eigenvalue weighted by atomic mass is 79.9. The van der Waals surface area contributed by atoms with Crippen molar-refractivity contribution in [3.63, 3.8) is 0 Å². The van der Waals surface area contributed by atoms with E-state index in [2.05, 4.69) is 38.4 Å². The standard InChI is InChI=1S/C22H23BrN4O3/c1-30-18-8-20-25-17(12-27(20)11-16(18)23)21(29)26-7-6-22(19(28)13-26)9-14-4-2-3-5-15(14)10-24-22/h2-5,8,11-12,19,24,28H,6-7,9-10,13H2,1H3/t19-,22+/m1/s1. The zero-order chi connectivity index (χ0) is 20.9. The number of ether oxygens (including phenoxy) is 1. The molecule has 0 aliphatic carbocycles. The Hall–Kier alpha value is -2.42. The summed E-state index contributed by atoms with van der Waals surface area (Å²) in [5.74, 6) is 0.491. The summed E-state index contributed by atoms with van der Waals surface area (Å²) in [6.45, 7) is 1.60. The number of piperidine rings is 1. The fourth-order valence-electron chi connectivity index (χ4n) is 4.56. The molecule has 2 N–H and O–H groups in total. The third kappa shape index (κ3) is 3.19. The smallest absolute Gasteiger partial charge is 0.274 e. The largest absolute Gasteiger partial charge is 0.495 e. The molecule has 8 heteroatoms. The van der Waals surface area contributed by atoms with Gasteiger partial charge in [-0.05, 0) is 39.9 Å². The van der Waals surface area contributed by atoms with Crippen molar-refractivity contribution in [2.24, 2.45) is 0 Å². The van der Waals surface area contributed by atoms with Gasteiger partial charge in [0, 0.05) is 38.1 Å². The fourth-order valence-corrected chi connectivity index (χ4v) is 5.06. The molecule has 2 aliphatic rings. The lowest BCUT2D eigenvalue weighted by Gasteiger charge is -2.48. The summed E-state index contributed by atoms with van der Waals surface area (Å²) in [6.07, 6.45) is 4.36. The Morgan fingerprint density at radius 2 is 2.13 bits per heavy atom. The highest BCUT2D eigenvalue weighted by Crippen LogP contribution is 2.33. The fraction of sp³-hybridized carbons (Fsp3) is 0.364. The molecule has 1 spiro atoms. The number of carbonyl (C=O) groups excluding carboxylic acids is 1. The molecule has 5 rings (SSSR count). The van der Waals surface area contributed by atoms with E-state index in [9.17, 15) is 9.90 Å². The number of hydrogen-bond acceptors (Lipinski definition) is 5. The van der Waals surface area contributed by atoms with Gasteiger partial charge in [-0.2, -0.15) is 0 Å². The summed E-state index contributed by atoms with van der Waals surface area (Å²) in [6, 6.07) is 10.1. The number of rotatable bonds is 2. The Balaban J connectivity index is 1.35. The summed E-state index contributed by atoms with van der Waals surface area (Å²) < 4.78 is 7.88. The third-order valence-electron chi connectivity index (χ3n) is 6.35. The Morgan fingerprint density at radius 1 is 1.33 bits per heavy atom. The van der Waals surface area contributed by atoms with Gasteiger partial charge in [0.2, 0.25) is 0 Å². The van der Waals surface area contributed by atoms with Gasteiger partial charge in [0.25, 0.3) is 5.91 Å². The Bertz CT molecular complexity index is 1130. The maximum atomic E-state index is 13.1. The molecule has 7 nitrogen and oxygen atoms in total. The molecule has 0 unspecified atom stereocenters. The van der Waals surface area contributed by atoms with Crippen molar-refractivity contribution in [1.29, 1.82) is 0 Å². The number of halogens is 1. The van der Waals surface area contributed by atoms with E-state index in [1.165, 1.54) is 11.1 Å². The van der Waals surface area contributed by atoms with Gasteiger partial charge in [0.1, 0.15) is 17.1 Å². The summed E-state index contributed by atoms with van der Waals surface area (Å²) in [7, 11) is 1.59. The lowest BCUT2D eigenvalue weighted by atomic mass is 9.76. The number of fused-ring (bicyclic) bond motifs is 2. The van der Waals surface area contributed by atoms with Crippen LogP contribution in [0.15, 0.2) is 47.2 Å². The molecular formula is C22H23BrN4O3. The number of aromatic nitrogens is 2. The maximum Gasteiger partial charge on any atom is 0.274 e. The molecule has 3 aromatic rings. The van der Waals surface area contributed by atoms with Crippen LogP contribution in [0.2, 0.25) is 0 Å². The van der Waals surface area contributed by atoms with Crippen LogP contribution in [0, 0.1) is 0 Å². The first kappa shape index (κ1) is 19.5. The van der Waals surface area contributed by atoms with E-state index < -0.39 is 6.10 Å². The minimum absolute atomic E-state index is 0.168. The van der Waals surface area contributed by atoms with E-state index in [-0.39, 0.29) is 18.0 Å². The van der Waals surface area contributed by atoms with Gasteiger partial charge in [0.15, 0.2) is 0 Å². The second-order valence-electron chi connectivity index (χ2n) is 8.05. The molecule has 0 saturated carbocycles. The second kappa shape index (κ2) is 7.37. The van der Waals surface area contributed by atoms with Crippen LogP contribution in [0.4, 0.5) is 0 Å². The Morgan fingerprint density at radius 3 is 2.90 bits per heavy atom. The highest BCUT2D eigenvalue weighted by Gasteiger charge is 2.45. The molecule has 1 amide bonds. The summed E-state index contributed by atoms with van der Waals surface area (Å²) in [4.78, 5) is 19.3. The molecule has 1 aromatic carbocycles. The number of aliphatic hydroxyl groups excluding tert-OH is 1. The molecule has 2 aliphatic heterocycles. The van der Waals surface area contributed by atoms with Crippen LogP contribution in [-0.2, 0) is 13.0 Å².